The number of halogens is 2. The van der Waals surface area contributed by atoms with E-state index in [1.807, 2.05) is 6.92 Å². The van der Waals surface area contributed by atoms with Gasteiger partial charge in [0.1, 0.15) is 11.5 Å². The maximum absolute atomic E-state index is 15.4. The number of aryl methyl sites for hydroxylation is 1. The average Bonchev–Trinajstić information content (AvgIpc) is 3.45. The van der Waals surface area contributed by atoms with E-state index in [2.05, 4.69) is 15.3 Å². The Labute approximate surface area is 167 Å². The van der Waals surface area contributed by atoms with Gasteiger partial charge in [0.2, 0.25) is 11.7 Å². The molecule has 2 atom stereocenters. The second kappa shape index (κ2) is 8.32. The van der Waals surface area contributed by atoms with Crippen LogP contribution in [0.1, 0.15) is 59.5 Å². The number of primary amides is 1. The normalized spacial score (nSPS) is 15.9. The van der Waals surface area contributed by atoms with Crippen LogP contribution in [0, 0.1) is 18.7 Å². The number of carbonyl (C=O) groups excluding carboxylic acids is 2. The van der Waals surface area contributed by atoms with E-state index in [4.69, 9.17) is 17.3 Å². The summed E-state index contributed by atoms with van der Waals surface area (Å²) in [4.78, 5) is 32.1. The summed E-state index contributed by atoms with van der Waals surface area (Å²) in [6.07, 6.45) is 4.78. The summed E-state index contributed by atoms with van der Waals surface area (Å²) in [5, 5.41) is 3.30. The fourth-order valence-corrected chi connectivity index (χ4v) is 3.46. The number of nitrogens with zero attached hydrogens (tertiary/aromatic N) is 2. The minimum atomic E-state index is -0.671. The van der Waals surface area contributed by atoms with Crippen molar-refractivity contribution in [3.63, 3.8) is 0 Å². The molecule has 1 saturated carbocycles. The molecule has 1 aromatic heterocycles. The zero-order valence-electron chi connectivity index (χ0n) is 15.7. The summed E-state index contributed by atoms with van der Waals surface area (Å²) in [6.45, 7) is 3.57. The van der Waals surface area contributed by atoms with E-state index in [1.165, 1.54) is 18.5 Å². The molecule has 1 aliphatic carbocycles. The first-order valence-corrected chi connectivity index (χ1v) is 9.51. The third-order valence-corrected chi connectivity index (χ3v) is 5.08. The Balaban J connectivity index is 1.95. The van der Waals surface area contributed by atoms with Crippen molar-refractivity contribution in [1.82, 2.24) is 15.3 Å². The molecule has 2 aromatic rings. The number of hydrogen-bond donors (Lipinski definition) is 2. The number of ketones is 1. The molecule has 1 fully saturated rings. The lowest BCUT2D eigenvalue weighted by atomic mass is 9.95. The van der Waals surface area contributed by atoms with Gasteiger partial charge in [-0.25, -0.2) is 9.37 Å². The molecule has 6 nitrogen and oxygen atoms in total. The molecule has 3 N–H and O–H groups in total. The molecule has 0 spiro atoms. The van der Waals surface area contributed by atoms with Gasteiger partial charge in [-0.1, -0.05) is 17.7 Å². The highest BCUT2D eigenvalue weighted by Crippen LogP contribution is 2.43. The Morgan fingerprint density at radius 1 is 1.32 bits per heavy atom. The van der Waals surface area contributed by atoms with E-state index < -0.39 is 17.5 Å². The zero-order chi connectivity index (χ0) is 20.4. The number of benzene rings is 1. The lowest BCUT2D eigenvalue weighted by Crippen LogP contribution is -2.35. The number of hydrogen-bond acceptors (Lipinski definition) is 5. The maximum atomic E-state index is 15.4. The minimum absolute atomic E-state index is 0.0216. The van der Waals surface area contributed by atoms with Crippen molar-refractivity contribution in [2.75, 3.05) is 0 Å². The lowest BCUT2D eigenvalue weighted by molar-refractivity contribution is -0.118. The average molecular weight is 405 g/mol. The van der Waals surface area contributed by atoms with Gasteiger partial charge in [-0.15, -0.1) is 0 Å². The van der Waals surface area contributed by atoms with Crippen LogP contribution in [0.2, 0.25) is 5.02 Å². The molecule has 1 aromatic carbocycles. The van der Waals surface area contributed by atoms with Crippen molar-refractivity contribution >= 4 is 23.3 Å². The fraction of sp³-hybridized carbons (Fsp3) is 0.400. The number of rotatable bonds is 8. The summed E-state index contributed by atoms with van der Waals surface area (Å²) < 4.78 is 15.4. The standard InChI is InChI=1S/C20H22ClFN4O2/c1-10(7-16(23)27)26-19(12-3-4-12)13-5-6-14(21)17(18(13)22)20(28)15-9-24-11(2)8-25-15/h5-6,8-10,12,19,26H,3-4,7H2,1-2H3,(H2,23,27)/t10-,19+/m0/s1. The van der Waals surface area contributed by atoms with Crippen LogP contribution in [0.4, 0.5) is 4.39 Å². The van der Waals surface area contributed by atoms with E-state index in [1.54, 1.807) is 13.0 Å². The molecule has 0 aliphatic heterocycles. The van der Waals surface area contributed by atoms with Crippen molar-refractivity contribution in [1.29, 1.82) is 0 Å². The molecule has 3 rings (SSSR count). The molecule has 0 bridgehead atoms. The third-order valence-electron chi connectivity index (χ3n) is 4.76. The van der Waals surface area contributed by atoms with E-state index in [0.717, 1.165) is 12.8 Å². The highest BCUT2D eigenvalue weighted by Gasteiger charge is 2.36. The number of nitrogens with two attached hydrogens (primary N) is 1. The molecule has 0 unspecified atom stereocenters. The molecular formula is C20H22ClFN4O2. The second-order valence-corrected chi connectivity index (χ2v) is 7.66. The fourth-order valence-electron chi connectivity index (χ4n) is 3.23. The third kappa shape index (κ3) is 4.54. The van der Waals surface area contributed by atoms with Crippen LogP contribution in [0.5, 0.6) is 0 Å². The Hall–Kier alpha value is -2.38. The van der Waals surface area contributed by atoms with Crippen molar-refractivity contribution < 1.29 is 14.0 Å². The van der Waals surface area contributed by atoms with Gasteiger partial charge in [-0.2, -0.15) is 0 Å². The molecular weight excluding hydrogens is 383 g/mol. The molecule has 148 valence electrons. The van der Waals surface area contributed by atoms with Crippen LogP contribution >= 0.6 is 11.6 Å². The van der Waals surface area contributed by atoms with Crippen LogP contribution in [0.3, 0.4) is 0 Å². The zero-order valence-corrected chi connectivity index (χ0v) is 16.5. The molecule has 28 heavy (non-hydrogen) atoms. The quantitative estimate of drug-likeness (QED) is 0.659. The van der Waals surface area contributed by atoms with Crippen LogP contribution < -0.4 is 11.1 Å². The molecule has 1 aliphatic rings. The summed E-state index contributed by atoms with van der Waals surface area (Å²) >= 11 is 6.16. The lowest BCUT2D eigenvalue weighted by Gasteiger charge is -2.24. The van der Waals surface area contributed by atoms with Crippen LogP contribution in [-0.2, 0) is 4.79 Å². The Bertz CT molecular complexity index is 900. The summed E-state index contributed by atoms with van der Waals surface area (Å²) in [5.74, 6) is -1.49. The maximum Gasteiger partial charge on any atom is 0.218 e. The predicted octanol–water partition coefficient (Wildman–Crippen LogP) is 3.11. The largest absolute Gasteiger partial charge is 0.370 e. The number of amides is 1. The minimum Gasteiger partial charge on any atom is -0.370 e. The van der Waals surface area contributed by atoms with Crippen molar-refractivity contribution in [2.45, 2.75) is 45.2 Å². The van der Waals surface area contributed by atoms with Crippen LogP contribution in [-0.4, -0.2) is 27.7 Å². The van der Waals surface area contributed by atoms with Crippen molar-refractivity contribution in [2.24, 2.45) is 11.7 Å². The van der Waals surface area contributed by atoms with Gasteiger partial charge in [0, 0.05) is 30.3 Å². The first kappa shape index (κ1) is 20.4. The second-order valence-electron chi connectivity index (χ2n) is 7.25. The van der Waals surface area contributed by atoms with Gasteiger partial charge < -0.3 is 11.1 Å². The van der Waals surface area contributed by atoms with E-state index in [0.29, 0.717) is 11.3 Å². The Morgan fingerprint density at radius 2 is 2.04 bits per heavy atom. The summed E-state index contributed by atoms with van der Waals surface area (Å²) in [5.41, 5.74) is 6.08. The van der Waals surface area contributed by atoms with Gasteiger partial charge in [0.25, 0.3) is 0 Å². The Morgan fingerprint density at radius 3 is 2.61 bits per heavy atom. The van der Waals surface area contributed by atoms with Crippen molar-refractivity contribution in [3.8, 4) is 0 Å². The number of carbonyl (C=O) groups is 2. The van der Waals surface area contributed by atoms with Gasteiger partial charge in [0.05, 0.1) is 22.5 Å². The highest BCUT2D eigenvalue weighted by molar-refractivity contribution is 6.34. The van der Waals surface area contributed by atoms with Crippen LogP contribution in [0.25, 0.3) is 0 Å². The topological polar surface area (TPSA) is 98.0 Å². The molecule has 0 radical (unpaired) electrons. The van der Waals surface area contributed by atoms with E-state index in [9.17, 15) is 9.59 Å². The van der Waals surface area contributed by atoms with Gasteiger partial charge >= 0.3 is 0 Å². The highest BCUT2D eigenvalue weighted by atomic mass is 35.5. The SMILES string of the molecule is Cc1cnc(C(=O)c2c(Cl)ccc([C@H](N[C@@H](C)CC(N)=O)C3CC3)c2F)cn1. The monoisotopic (exact) mass is 404 g/mol. The summed E-state index contributed by atoms with van der Waals surface area (Å²) in [6, 6.07) is 2.55. The number of aromatic nitrogens is 2. The van der Waals surface area contributed by atoms with E-state index in [-0.39, 0.29) is 40.7 Å². The molecule has 8 heteroatoms. The van der Waals surface area contributed by atoms with Crippen molar-refractivity contribution in [3.05, 3.63) is 57.9 Å². The van der Waals surface area contributed by atoms with Gasteiger partial charge in [0.15, 0.2) is 0 Å². The Kier molecular flexibility index (Phi) is 6.05. The van der Waals surface area contributed by atoms with Crippen LogP contribution in [0.15, 0.2) is 24.5 Å². The molecule has 1 heterocycles. The smallest absolute Gasteiger partial charge is 0.218 e. The molecule has 0 saturated heterocycles. The van der Waals surface area contributed by atoms with Gasteiger partial charge in [-0.05, 0) is 38.7 Å². The molecule has 1 amide bonds. The van der Waals surface area contributed by atoms with Gasteiger partial charge in [-0.3, -0.25) is 14.6 Å². The first-order chi connectivity index (χ1) is 13.3. The number of nitrogens with one attached hydrogen (secondary N) is 1. The summed E-state index contributed by atoms with van der Waals surface area (Å²) in [7, 11) is 0. The first-order valence-electron chi connectivity index (χ1n) is 9.13. The predicted molar refractivity (Wildman–Crippen MR) is 103 cm³/mol. The van der Waals surface area contributed by atoms with E-state index >= 15 is 4.39 Å².